The van der Waals surface area contributed by atoms with Crippen LogP contribution in [0.1, 0.15) is 38.3 Å². The molecule has 2 rings (SSSR count). The summed E-state index contributed by atoms with van der Waals surface area (Å²) in [6.45, 7) is 12.5. The first-order valence-electron chi connectivity index (χ1n) is 9.92. The first-order chi connectivity index (χ1) is 13.4. The second-order valence-electron chi connectivity index (χ2n) is 6.87. The minimum atomic E-state index is -0.296. The maximum atomic E-state index is 12.7. The molecule has 0 radical (unpaired) electrons. The summed E-state index contributed by atoms with van der Waals surface area (Å²) in [6.07, 6.45) is -0.182. The predicted octanol–water partition coefficient (Wildman–Crippen LogP) is 4.53. The Morgan fingerprint density at radius 3 is 2.18 bits per heavy atom. The van der Waals surface area contributed by atoms with Crippen molar-refractivity contribution in [2.24, 2.45) is 0 Å². The van der Waals surface area contributed by atoms with Crippen molar-refractivity contribution in [2.45, 2.75) is 41.0 Å². The van der Waals surface area contributed by atoms with Crippen LogP contribution in [0.4, 0.5) is 17.1 Å². The standard InChI is InChI=1S/C23H31N3O2/c1-6-25(7-2)19-12-13-21(18(5)15-19)24-22(27)16-23(28)26(8-3)20-11-9-10-17(4)14-20/h9-15H,6-8,16H2,1-5H3,(H,24,27). The quantitative estimate of drug-likeness (QED) is 0.684. The highest BCUT2D eigenvalue weighted by molar-refractivity contribution is 6.09. The number of carbonyl (C=O) groups excluding carboxylic acids is 2. The molecule has 0 aliphatic carbocycles. The third-order valence-corrected chi connectivity index (χ3v) is 4.86. The van der Waals surface area contributed by atoms with Crippen molar-refractivity contribution in [3.63, 3.8) is 0 Å². The number of benzene rings is 2. The number of carbonyl (C=O) groups is 2. The van der Waals surface area contributed by atoms with E-state index < -0.39 is 0 Å². The SMILES string of the molecule is CCN(CC)c1ccc(NC(=O)CC(=O)N(CC)c2cccc(C)c2)c(C)c1. The Labute approximate surface area is 168 Å². The van der Waals surface area contributed by atoms with Gasteiger partial charge in [0.1, 0.15) is 6.42 Å². The number of amides is 2. The van der Waals surface area contributed by atoms with E-state index in [1.54, 1.807) is 4.90 Å². The average molecular weight is 382 g/mol. The average Bonchev–Trinajstić information content (AvgIpc) is 2.65. The van der Waals surface area contributed by atoms with Crippen LogP contribution < -0.4 is 15.1 Å². The lowest BCUT2D eigenvalue weighted by Gasteiger charge is -2.23. The molecule has 0 saturated carbocycles. The van der Waals surface area contributed by atoms with E-state index in [1.807, 2.05) is 57.2 Å². The van der Waals surface area contributed by atoms with Gasteiger partial charge in [0.15, 0.2) is 0 Å². The molecule has 0 unspecified atom stereocenters. The van der Waals surface area contributed by atoms with Crippen molar-refractivity contribution in [1.82, 2.24) is 0 Å². The summed E-state index contributed by atoms with van der Waals surface area (Å²) in [5.41, 5.74) is 4.76. The van der Waals surface area contributed by atoms with Crippen molar-refractivity contribution in [1.29, 1.82) is 0 Å². The van der Waals surface area contributed by atoms with Gasteiger partial charge in [0.05, 0.1) is 0 Å². The Balaban J connectivity index is 2.05. The van der Waals surface area contributed by atoms with Crippen molar-refractivity contribution < 1.29 is 9.59 Å². The smallest absolute Gasteiger partial charge is 0.236 e. The van der Waals surface area contributed by atoms with Gasteiger partial charge < -0.3 is 15.1 Å². The Kier molecular flexibility index (Phi) is 7.61. The molecule has 2 aromatic rings. The molecule has 150 valence electrons. The number of hydrogen-bond donors (Lipinski definition) is 1. The van der Waals surface area contributed by atoms with E-state index in [-0.39, 0.29) is 18.2 Å². The topological polar surface area (TPSA) is 52.7 Å². The second-order valence-corrected chi connectivity index (χ2v) is 6.87. The van der Waals surface area contributed by atoms with Crippen LogP contribution in [0.3, 0.4) is 0 Å². The van der Waals surface area contributed by atoms with Crippen LogP contribution in [-0.2, 0) is 9.59 Å². The summed E-state index contributed by atoms with van der Waals surface area (Å²) < 4.78 is 0. The molecule has 0 aliphatic heterocycles. The minimum Gasteiger partial charge on any atom is -0.372 e. The van der Waals surface area contributed by atoms with Crippen LogP contribution in [0.2, 0.25) is 0 Å². The second kappa shape index (κ2) is 9.93. The van der Waals surface area contributed by atoms with Crippen LogP contribution in [-0.4, -0.2) is 31.4 Å². The summed E-state index contributed by atoms with van der Waals surface area (Å²) in [4.78, 5) is 29.0. The van der Waals surface area contributed by atoms with Crippen LogP contribution in [0.15, 0.2) is 42.5 Å². The fourth-order valence-corrected chi connectivity index (χ4v) is 3.30. The molecule has 0 heterocycles. The number of nitrogens with zero attached hydrogens (tertiary/aromatic N) is 2. The van der Waals surface area contributed by atoms with Gasteiger partial charge in [0.2, 0.25) is 11.8 Å². The number of anilines is 3. The van der Waals surface area contributed by atoms with E-state index in [1.165, 1.54) is 0 Å². The van der Waals surface area contributed by atoms with Gasteiger partial charge in [-0.1, -0.05) is 12.1 Å². The zero-order valence-electron chi connectivity index (χ0n) is 17.6. The zero-order valence-corrected chi connectivity index (χ0v) is 17.6. The molecule has 5 nitrogen and oxygen atoms in total. The molecule has 2 aromatic carbocycles. The van der Waals surface area contributed by atoms with Gasteiger partial charge in [0, 0.05) is 36.7 Å². The first kappa shape index (κ1) is 21.5. The minimum absolute atomic E-state index is 0.182. The van der Waals surface area contributed by atoms with E-state index >= 15 is 0 Å². The van der Waals surface area contributed by atoms with Crippen molar-refractivity contribution in [3.05, 3.63) is 53.6 Å². The molecule has 0 saturated heterocycles. The molecular weight excluding hydrogens is 350 g/mol. The highest BCUT2D eigenvalue weighted by Crippen LogP contribution is 2.23. The van der Waals surface area contributed by atoms with E-state index in [0.29, 0.717) is 6.54 Å². The lowest BCUT2D eigenvalue weighted by atomic mass is 10.1. The lowest BCUT2D eigenvalue weighted by Crippen LogP contribution is -2.33. The highest BCUT2D eigenvalue weighted by atomic mass is 16.2. The largest absolute Gasteiger partial charge is 0.372 e. The molecule has 2 amide bonds. The van der Waals surface area contributed by atoms with Crippen molar-refractivity contribution >= 4 is 28.9 Å². The lowest BCUT2D eigenvalue weighted by molar-refractivity contribution is -0.125. The van der Waals surface area contributed by atoms with Gasteiger partial charge in [-0.2, -0.15) is 0 Å². The van der Waals surface area contributed by atoms with E-state index in [9.17, 15) is 9.59 Å². The van der Waals surface area contributed by atoms with Crippen LogP contribution in [0.25, 0.3) is 0 Å². The fraction of sp³-hybridized carbons (Fsp3) is 0.391. The molecule has 0 spiro atoms. The molecule has 0 fully saturated rings. The number of hydrogen-bond acceptors (Lipinski definition) is 3. The summed E-state index contributed by atoms with van der Waals surface area (Å²) >= 11 is 0. The first-order valence-corrected chi connectivity index (χ1v) is 9.92. The van der Waals surface area contributed by atoms with Crippen LogP contribution in [0.5, 0.6) is 0 Å². The number of aryl methyl sites for hydroxylation is 2. The summed E-state index contributed by atoms with van der Waals surface area (Å²) in [6, 6.07) is 13.7. The summed E-state index contributed by atoms with van der Waals surface area (Å²) in [5.74, 6) is -0.502. The van der Waals surface area contributed by atoms with E-state index in [0.717, 1.165) is 41.3 Å². The fourth-order valence-electron chi connectivity index (χ4n) is 3.30. The van der Waals surface area contributed by atoms with Crippen molar-refractivity contribution in [3.8, 4) is 0 Å². The number of rotatable bonds is 8. The van der Waals surface area contributed by atoms with Crippen LogP contribution in [0, 0.1) is 13.8 Å². The van der Waals surface area contributed by atoms with Crippen LogP contribution >= 0.6 is 0 Å². The maximum Gasteiger partial charge on any atom is 0.236 e. The van der Waals surface area contributed by atoms with Gasteiger partial charge in [-0.15, -0.1) is 0 Å². The summed E-state index contributed by atoms with van der Waals surface area (Å²) in [7, 11) is 0. The molecule has 0 atom stereocenters. The predicted molar refractivity (Wildman–Crippen MR) is 117 cm³/mol. The highest BCUT2D eigenvalue weighted by Gasteiger charge is 2.18. The van der Waals surface area contributed by atoms with Crippen molar-refractivity contribution in [2.75, 3.05) is 34.8 Å². The Bertz CT molecular complexity index is 828. The Hall–Kier alpha value is -2.82. The maximum absolute atomic E-state index is 12.7. The third kappa shape index (κ3) is 5.35. The number of nitrogens with one attached hydrogen (secondary N) is 1. The molecule has 5 heteroatoms. The van der Waals surface area contributed by atoms with Gasteiger partial charge in [-0.25, -0.2) is 0 Å². The van der Waals surface area contributed by atoms with Gasteiger partial charge in [-0.05, 0) is 76.1 Å². The summed E-state index contributed by atoms with van der Waals surface area (Å²) in [5, 5.41) is 2.88. The van der Waals surface area contributed by atoms with E-state index in [4.69, 9.17) is 0 Å². The molecule has 0 aliphatic rings. The normalized spacial score (nSPS) is 10.5. The van der Waals surface area contributed by atoms with Gasteiger partial charge >= 0.3 is 0 Å². The molecule has 1 N–H and O–H groups in total. The molecule has 0 bridgehead atoms. The van der Waals surface area contributed by atoms with Gasteiger partial charge in [0.25, 0.3) is 0 Å². The molecule has 0 aromatic heterocycles. The Morgan fingerprint density at radius 2 is 1.61 bits per heavy atom. The zero-order chi connectivity index (χ0) is 20.7. The molecular formula is C23H31N3O2. The Morgan fingerprint density at radius 1 is 0.893 bits per heavy atom. The van der Waals surface area contributed by atoms with Gasteiger partial charge in [-0.3, -0.25) is 9.59 Å². The third-order valence-electron chi connectivity index (χ3n) is 4.86. The van der Waals surface area contributed by atoms with E-state index in [2.05, 4.69) is 30.1 Å². The molecule has 28 heavy (non-hydrogen) atoms. The monoisotopic (exact) mass is 381 g/mol.